The van der Waals surface area contributed by atoms with Gasteiger partial charge in [-0.15, -0.1) is 0 Å². The first kappa shape index (κ1) is 21.1. The average Bonchev–Trinajstić information content (AvgIpc) is 3.72. The van der Waals surface area contributed by atoms with Gasteiger partial charge >= 0.3 is 0 Å². The normalized spacial score (nSPS) is 19.2. The molecule has 5 heteroatoms. The summed E-state index contributed by atoms with van der Waals surface area (Å²) >= 11 is 0. The maximum absolute atomic E-state index is 6.00. The molecule has 8 bridgehead atoms. The van der Waals surface area contributed by atoms with E-state index in [9.17, 15) is 0 Å². The molecule has 5 aliphatic heterocycles. The van der Waals surface area contributed by atoms with Crippen LogP contribution >= 0.6 is 0 Å². The lowest BCUT2D eigenvalue weighted by atomic mass is 9.98. The van der Waals surface area contributed by atoms with E-state index in [0.717, 1.165) is 67.9 Å². The summed E-state index contributed by atoms with van der Waals surface area (Å²) in [5.74, 6) is 0. The molecular weight excluding hydrogens is 454 g/mol. The number of nitrogens with two attached hydrogens (primary N) is 1. The summed E-state index contributed by atoms with van der Waals surface area (Å²) in [5.41, 5.74) is 17.5. The van der Waals surface area contributed by atoms with Crippen molar-refractivity contribution in [3.05, 3.63) is 149 Å². The first-order chi connectivity index (χ1) is 18.2. The van der Waals surface area contributed by atoms with Crippen LogP contribution in [-0.4, -0.2) is 22.8 Å². The smallest absolute Gasteiger partial charge is 0.0738 e. The Morgan fingerprint density at radius 1 is 0.459 bits per heavy atom. The Labute approximate surface area is 214 Å². The van der Waals surface area contributed by atoms with Crippen molar-refractivity contribution in [2.24, 2.45) is 20.0 Å². The van der Waals surface area contributed by atoms with Gasteiger partial charge in [-0.25, -0.2) is 20.0 Å². The van der Waals surface area contributed by atoms with Gasteiger partial charge in [-0.3, -0.25) is 0 Å². The predicted octanol–water partition coefficient (Wildman–Crippen LogP) is 6.22. The number of aliphatic imine (C=N–C) groups is 4. The van der Waals surface area contributed by atoms with Gasteiger partial charge in [0.15, 0.2) is 0 Å². The summed E-state index contributed by atoms with van der Waals surface area (Å²) in [6, 6.07) is 18.1. The molecule has 5 aliphatic rings. The Bertz CT molecular complexity index is 1730. The summed E-state index contributed by atoms with van der Waals surface area (Å²) in [4.78, 5) is 19.8. The Morgan fingerprint density at radius 2 is 1.03 bits per heavy atom. The molecule has 2 aromatic carbocycles. The lowest BCUT2D eigenvalue weighted by Crippen LogP contribution is -2.02. The van der Waals surface area contributed by atoms with Gasteiger partial charge in [0.2, 0.25) is 0 Å². The molecule has 0 aliphatic carbocycles. The van der Waals surface area contributed by atoms with Crippen molar-refractivity contribution in [2.75, 3.05) is 5.73 Å². The summed E-state index contributed by atoms with van der Waals surface area (Å²) in [5, 5.41) is 0. The Balaban J connectivity index is 1.50. The van der Waals surface area contributed by atoms with Crippen molar-refractivity contribution in [2.45, 2.75) is 0 Å². The molecule has 0 spiro atoms. The summed E-state index contributed by atoms with van der Waals surface area (Å²) < 4.78 is 0. The van der Waals surface area contributed by atoms with Crippen LogP contribution in [0.25, 0.3) is 11.1 Å². The van der Waals surface area contributed by atoms with E-state index in [2.05, 4.69) is 24.3 Å². The van der Waals surface area contributed by atoms with Gasteiger partial charge in [-0.1, -0.05) is 42.5 Å². The molecule has 5 heterocycles. The van der Waals surface area contributed by atoms with Crippen LogP contribution in [-0.2, 0) is 0 Å². The maximum atomic E-state index is 6.00. The van der Waals surface area contributed by atoms with E-state index in [1.54, 1.807) is 0 Å². The van der Waals surface area contributed by atoms with Crippen LogP contribution < -0.4 is 5.73 Å². The fourth-order valence-corrected chi connectivity index (χ4v) is 4.80. The molecule has 2 N–H and O–H groups in total. The monoisotopic (exact) mass is 475 g/mol. The number of hydrogen-bond acceptors (Lipinski definition) is 5. The van der Waals surface area contributed by atoms with E-state index in [-0.39, 0.29) is 0 Å². The molecule has 0 saturated heterocycles. The summed E-state index contributed by atoms with van der Waals surface area (Å²) in [7, 11) is 0. The van der Waals surface area contributed by atoms with Crippen LogP contribution in [0.5, 0.6) is 0 Å². The maximum Gasteiger partial charge on any atom is 0.0738 e. The summed E-state index contributed by atoms with van der Waals surface area (Å²) in [6.07, 6.45) is 20.2. The van der Waals surface area contributed by atoms with E-state index in [0.29, 0.717) is 5.69 Å². The molecule has 0 aromatic heterocycles. The van der Waals surface area contributed by atoms with Crippen molar-refractivity contribution in [1.29, 1.82) is 0 Å². The molecule has 0 saturated carbocycles. The molecule has 0 amide bonds. The standard InChI is InChI=1S/C32H21N5/c33-22-8-6-21(7-9-22)32-28-15-13-26(36-28)19-24-11-10-23(34-24)18-25-12-14-27(35-25)31(20-4-2-1-3-5-20)29-16-17-30(32)37-29/h1-19H,33H2. The van der Waals surface area contributed by atoms with Crippen LogP contribution in [0.3, 0.4) is 0 Å². The van der Waals surface area contributed by atoms with Crippen LogP contribution in [0.1, 0.15) is 11.1 Å². The van der Waals surface area contributed by atoms with Crippen LogP contribution in [0.2, 0.25) is 0 Å². The van der Waals surface area contributed by atoms with Crippen LogP contribution in [0.15, 0.2) is 158 Å². The zero-order chi connectivity index (χ0) is 24.8. The van der Waals surface area contributed by atoms with Crippen molar-refractivity contribution in [3.63, 3.8) is 0 Å². The van der Waals surface area contributed by atoms with Crippen molar-refractivity contribution < 1.29 is 0 Å². The van der Waals surface area contributed by atoms with E-state index in [1.165, 1.54) is 0 Å². The predicted molar refractivity (Wildman–Crippen MR) is 154 cm³/mol. The number of fused-ring (bicyclic) bond motifs is 4. The lowest BCUT2D eigenvalue weighted by Gasteiger charge is -2.11. The first-order valence-electron chi connectivity index (χ1n) is 12.1. The number of nitrogens with zero attached hydrogens (tertiary/aromatic N) is 4. The SMILES string of the molecule is Nc1ccc(C2=C3C=CC(=N3)C(c3ccccc3)=C3C=CC(=N3)C=C3C=CC(=N3)C=C3C=CC2=N3)cc1. The lowest BCUT2D eigenvalue weighted by molar-refractivity contribution is 1.41. The molecule has 0 radical (unpaired) electrons. The van der Waals surface area contributed by atoms with E-state index >= 15 is 0 Å². The fourth-order valence-electron chi connectivity index (χ4n) is 4.80. The van der Waals surface area contributed by atoms with Gasteiger partial charge in [0.25, 0.3) is 0 Å². The number of rotatable bonds is 2. The van der Waals surface area contributed by atoms with Gasteiger partial charge < -0.3 is 5.73 Å². The van der Waals surface area contributed by atoms with Gasteiger partial charge in [-0.2, -0.15) is 0 Å². The zero-order valence-corrected chi connectivity index (χ0v) is 19.8. The highest BCUT2D eigenvalue weighted by molar-refractivity contribution is 6.36. The van der Waals surface area contributed by atoms with Crippen molar-refractivity contribution in [1.82, 2.24) is 0 Å². The number of hydrogen-bond donors (Lipinski definition) is 1. The number of nitrogen functional groups attached to an aromatic ring is 1. The number of anilines is 1. The third-order valence-electron chi connectivity index (χ3n) is 6.52. The third kappa shape index (κ3) is 3.93. The Kier molecular flexibility index (Phi) is 4.86. The van der Waals surface area contributed by atoms with Crippen LogP contribution in [0, 0.1) is 0 Å². The van der Waals surface area contributed by atoms with Gasteiger partial charge in [-0.05, 0) is 84.0 Å². The molecular formula is C32H21N5. The first-order valence-corrected chi connectivity index (χ1v) is 12.1. The summed E-state index contributed by atoms with van der Waals surface area (Å²) in [6.45, 7) is 0. The largest absolute Gasteiger partial charge is 0.399 e. The van der Waals surface area contributed by atoms with E-state index in [4.69, 9.17) is 25.7 Å². The fraction of sp³-hybridized carbons (Fsp3) is 0. The molecule has 0 fully saturated rings. The second-order valence-corrected chi connectivity index (χ2v) is 9.05. The third-order valence-corrected chi connectivity index (χ3v) is 6.52. The van der Waals surface area contributed by atoms with Gasteiger partial charge in [0.05, 0.1) is 45.6 Å². The quantitative estimate of drug-likeness (QED) is 0.515. The average molecular weight is 476 g/mol. The highest BCUT2D eigenvalue weighted by atomic mass is 14.9. The van der Waals surface area contributed by atoms with Crippen molar-refractivity contribution >= 4 is 39.7 Å². The van der Waals surface area contributed by atoms with E-state index < -0.39 is 0 Å². The molecule has 37 heavy (non-hydrogen) atoms. The van der Waals surface area contributed by atoms with Crippen LogP contribution in [0.4, 0.5) is 5.69 Å². The minimum Gasteiger partial charge on any atom is -0.399 e. The molecule has 2 aromatic rings. The number of allylic oxidation sites excluding steroid dienone is 12. The molecule has 5 nitrogen and oxygen atoms in total. The highest BCUT2D eigenvalue weighted by Gasteiger charge is 2.23. The number of benzene rings is 2. The van der Waals surface area contributed by atoms with E-state index in [1.807, 2.05) is 91.1 Å². The second-order valence-electron chi connectivity index (χ2n) is 9.05. The van der Waals surface area contributed by atoms with Gasteiger partial charge in [0.1, 0.15) is 0 Å². The van der Waals surface area contributed by atoms with Gasteiger partial charge in [0, 0.05) is 16.8 Å². The minimum absolute atomic E-state index is 0.714. The molecule has 7 rings (SSSR count). The highest BCUT2D eigenvalue weighted by Crippen LogP contribution is 2.34. The van der Waals surface area contributed by atoms with Crippen molar-refractivity contribution in [3.8, 4) is 0 Å². The minimum atomic E-state index is 0.714. The Hall–Kier alpha value is -5.16. The Morgan fingerprint density at radius 3 is 1.84 bits per heavy atom. The molecule has 174 valence electrons. The second kappa shape index (κ2) is 8.50. The topological polar surface area (TPSA) is 75.5 Å². The molecule has 0 unspecified atom stereocenters. The zero-order valence-electron chi connectivity index (χ0n) is 19.8. The molecule has 0 atom stereocenters.